The van der Waals surface area contributed by atoms with Crippen molar-refractivity contribution in [1.82, 2.24) is 25.3 Å². The van der Waals surface area contributed by atoms with Gasteiger partial charge in [-0.2, -0.15) is 0 Å². The molecule has 0 radical (unpaired) electrons. The third kappa shape index (κ3) is 2.94. The summed E-state index contributed by atoms with van der Waals surface area (Å²) in [5.41, 5.74) is 4.70. The molecule has 1 atom stereocenters. The van der Waals surface area contributed by atoms with Gasteiger partial charge in [0.1, 0.15) is 18.0 Å². The normalized spacial score (nSPS) is 20.3. The largest absolute Gasteiger partial charge is 0.356 e. The van der Waals surface area contributed by atoms with Gasteiger partial charge in [0.2, 0.25) is 0 Å². The molecule has 4 heterocycles. The number of nitrogens with zero attached hydrogens (tertiary/aromatic N) is 4. The summed E-state index contributed by atoms with van der Waals surface area (Å²) < 4.78 is 0. The lowest BCUT2D eigenvalue weighted by Gasteiger charge is -2.35. The maximum atomic E-state index is 4.77. The molecule has 2 aliphatic rings. The summed E-state index contributed by atoms with van der Waals surface area (Å²) in [6.45, 7) is 4.02. The summed E-state index contributed by atoms with van der Waals surface area (Å²) in [7, 11) is 0. The topological polar surface area (TPSA) is 69.7 Å². The summed E-state index contributed by atoms with van der Waals surface area (Å²) in [4.78, 5) is 19.9. The smallest absolute Gasteiger partial charge is 0.135 e. The highest BCUT2D eigenvalue weighted by atomic mass is 15.2. The second-order valence-electron chi connectivity index (χ2n) is 7.41. The first-order valence-electron chi connectivity index (χ1n) is 9.59. The van der Waals surface area contributed by atoms with Crippen LogP contribution in [0.15, 0.2) is 30.6 Å². The van der Waals surface area contributed by atoms with E-state index >= 15 is 0 Å². The van der Waals surface area contributed by atoms with E-state index < -0.39 is 0 Å². The van der Waals surface area contributed by atoms with Gasteiger partial charge in [0.25, 0.3) is 0 Å². The van der Waals surface area contributed by atoms with E-state index in [-0.39, 0.29) is 0 Å². The number of para-hydroxylation sites is 2. The molecule has 0 aliphatic carbocycles. The lowest BCUT2D eigenvalue weighted by Crippen LogP contribution is -2.38. The fraction of sp³-hybridized carbons (Fsp3) is 0.450. The fourth-order valence-electron chi connectivity index (χ4n) is 4.34. The van der Waals surface area contributed by atoms with Gasteiger partial charge in [-0.25, -0.2) is 15.0 Å². The first-order chi connectivity index (χ1) is 12.9. The van der Waals surface area contributed by atoms with Gasteiger partial charge in [-0.05, 0) is 43.9 Å². The van der Waals surface area contributed by atoms with Crippen LogP contribution in [0.5, 0.6) is 0 Å². The first kappa shape index (κ1) is 15.8. The number of hydrogen-bond acceptors (Lipinski definition) is 5. The molecule has 26 heavy (non-hydrogen) atoms. The van der Waals surface area contributed by atoms with Crippen molar-refractivity contribution in [2.75, 3.05) is 24.5 Å². The number of rotatable bonds is 3. The number of aromatic amines is 1. The molecule has 6 heteroatoms. The minimum atomic E-state index is 0.608. The van der Waals surface area contributed by atoms with Crippen LogP contribution < -0.4 is 10.2 Å². The summed E-state index contributed by atoms with van der Waals surface area (Å²) in [6, 6.07) is 8.27. The Kier molecular flexibility index (Phi) is 4.05. The van der Waals surface area contributed by atoms with Crippen LogP contribution in [0.1, 0.15) is 29.9 Å². The van der Waals surface area contributed by atoms with Crippen molar-refractivity contribution in [2.45, 2.75) is 32.2 Å². The van der Waals surface area contributed by atoms with Gasteiger partial charge in [-0.15, -0.1) is 0 Å². The third-order valence-electron chi connectivity index (χ3n) is 5.60. The zero-order valence-electron chi connectivity index (χ0n) is 14.9. The molecule has 1 aromatic carbocycles. The van der Waals surface area contributed by atoms with Crippen LogP contribution >= 0.6 is 0 Å². The molecule has 0 spiro atoms. The van der Waals surface area contributed by atoms with E-state index in [0.717, 1.165) is 61.7 Å². The molecule has 2 aromatic heterocycles. The molecule has 0 amide bonds. The monoisotopic (exact) mass is 348 g/mol. The van der Waals surface area contributed by atoms with Crippen molar-refractivity contribution < 1.29 is 0 Å². The standard InChI is InChI=1S/C20H24N6/c1-2-6-17-16(5-1)24-19(25-17)10-14-4-3-9-26(12-14)20-15-7-8-21-11-18(15)22-13-23-20/h1-2,5-6,13-14,21H,3-4,7-12H2,(H,24,25)/t14-/m1/s1. The number of imidazole rings is 1. The van der Waals surface area contributed by atoms with Crippen LogP contribution in [0.2, 0.25) is 0 Å². The summed E-state index contributed by atoms with van der Waals surface area (Å²) in [6.07, 6.45) is 6.21. The Labute approximate surface area is 153 Å². The van der Waals surface area contributed by atoms with Crippen LogP contribution in [0.25, 0.3) is 11.0 Å². The van der Waals surface area contributed by atoms with Gasteiger partial charge >= 0.3 is 0 Å². The van der Waals surface area contributed by atoms with Crippen molar-refractivity contribution in [1.29, 1.82) is 0 Å². The second-order valence-corrected chi connectivity index (χ2v) is 7.41. The highest BCUT2D eigenvalue weighted by molar-refractivity contribution is 5.74. The molecule has 2 N–H and O–H groups in total. The van der Waals surface area contributed by atoms with Gasteiger partial charge in [0, 0.05) is 31.6 Å². The molecule has 1 fully saturated rings. The number of benzene rings is 1. The van der Waals surface area contributed by atoms with Crippen LogP contribution in [0.3, 0.4) is 0 Å². The van der Waals surface area contributed by atoms with Gasteiger partial charge in [-0.1, -0.05) is 12.1 Å². The van der Waals surface area contributed by atoms with E-state index in [4.69, 9.17) is 4.98 Å². The van der Waals surface area contributed by atoms with Crippen molar-refractivity contribution in [3.63, 3.8) is 0 Å². The third-order valence-corrected chi connectivity index (χ3v) is 5.60. The van der Waals surface area contributed by atoms with Crippen LogP contribution in [-0.2, 0) is 19.4 Å². The van der Waals surface area contributed by atoms with E-state index in [1.807, 2.05) is 6.07 Å². The number of anilines is 1. The zero-order chi connectivity index (χ0) is 17.3. The molecule has 134 valence electrons. The molecule has 2 aliphatic heterocycles. The van der Waals surface area contributed by atoms with Crippen LogP contribution in [0, 0.1) is 5.92 Å². The SMILES string of the molecule is c1ccc2[nH]c(C[C@H]3CCCN(c4ncnc5c4CCNC5)C3)nc2c1. The van der Waals surface area contributed by atoms with Gasteiger partial charge in [-0.3, -0.25) is 0 Å². The van der Waals surface area contributed by atoms with Crippen LogP contribution in [-0.4, -0.2) is 39.6 Å². The molecule has 0 unspecified atom stereocenters. The Hall–Kier alpha value is -2.47. The summed E-state index contributed by atoms with van der Waals surface area (Å²) >= 11 is 0. The van der Waals surface area contributed by atoms with Crippen molar-refractivity contribution in [3.05, 3.63) is 47.7 Å². The Morgan fingerprint density at radius 1 is 1.19 bits per heavy atom. The van der Waals surface area contributed by atoms with E-state index in [1.165, 1.54) is 24.1 Å². The van der Waals surface area contributed by atoms with Crippen molar-refractivity contribution >= 4 is 16.9 Å². The summed E-state index contributed by atoms with van der Waals surface area (Å²) in [5, 5.41) is 3.40. The van der Waals surface area contributed by atoms with Crippen molar-refractivity contribution in [2.24, 2.45) is 5.92 Å². The molecule has 1 saturated heterocycles. The van der Waals surface area contributed by atoms with E-state index in [0.29, 0.717) is 5.92 Å². The predicted octanol–water partition coefficient (Wildman–Crippen LogP) is 2.46. The van der Waals surface area contributed by atoms with Gasteiger partial charge in [0.05, 0.1) is 16.7 Å². The maximum absolute atomic E-state index is 4.77. The Balaban J connectivity index is 1.35. The van der Waals surface area contributed by atoms with Gasteiger partial charge < -0.3 is 15.2 Å². The number of H-pyrrole nitrogens is 1. The number of hydrogen-bond donors (Lipinski definition) is 2. The van der Waals surface area contributed by atoms with Gasteiger partial charge in [0.15, 0.2) is 0 Å². The predicted molar refractivity (Wildman–Crippen MR) is 102 cm³/mol. The number of aromatic nitrogens is 4. The molecule has 5 rings (SSSR count). The minimum Gasteiger partial charge on any atom is -0.356 e. The molecule has 0 saturated carbocycles. The van der Waals surface area contributed by atoms with Crippen LogP contribution in [0.4, 0.5) is 5.82 Å². The average molecular weight is 348 g/mol. The highest BCUT2D eigenvalue weighted by Gasteiger charge is 2.25. The zero-order valence-corrected chi connectivity index (χ0v) is 14.9. The van der Waals surface area contributed by atoms with Crippen molar-refractivity contribution in [3.8, 4) is 0 Å². The second kappa shape index (κ2) is 6.68. The molecular weight excluding hydrogens is 324 g/mol. The number of piperidine rings is 1. The maximum Gasteiger partial charge on any atom is 0.135 e. The average Bonchev–Trinajstić information content (AvgIpc) is 3.10. The molecule has 0 bridgehead atoms. The first-order valence-corrected chi connectivity index (χ1v) is 9.59. The summed E-state index contributed by atoms with van der Waals surface area (Å²) in [5.74, 6) is 2.87. The Morgan fingerprint density at radius 2 is 2.15 bits per heavy atom. The van der Waals surface area contributed by atoms with E-state index in [9.17, 15) is 0 Å². The minimum absolute atomic E-state index is 0.608. The lowest BCUT2D eigenvalue weighted by atomic mass is 9.94. The number of nitrogens with one attached hydrogen (secondary N) is 2. The highest BCUT2D eigenvalue weighted by Crippen LogP contribution is 2.28. The lowest BCUT2D eigenvalue weighted by molar-refractivity contribution is 0.404. The Morgan fingerprint density at radius 3 is 3.12 bits per heavy atom. The Bertz CT molecular complexity index is 885. The fourth-order valence-corrected chi connectivity index (χ4v) is 4.34. The molecular formula is C20H24N6. The molecule has 3 aromatic rings. The quantitative estimate of drug-likeness (QED) is 0.761. The van der Waals surface area contributed by atoms with E-state index in [2.05, 4.69) is 43.4 Å². The number of fused-ring (bicyclic) bond motifs is 2. The molecule has 6 nitrogen and oxygen atoms in total. The van der Waals surface area contributed by atoms with E-state index in [1.54, 1.807) is 6.33 Å².